The van der Waals surface area contributed by atoms with E-state index in [1.54, 1.807) is 7.11 Å². The normalized spacial score (nSPS) is 20.4. The summed E-state index contributed by atoms with van der Waals surface area (Å²) in [7, 11) is 1.67. The van der Waals surface area contributed by atoms with Gasteiger partial charge in [-0.25, -0.2) is 4.79 Å². The van der Waals surface area contributed by atoms with Gasteiger partial charge in [0.25, 0.3) is 0 Å². The van der Waals surface area contributed by atoms with E-state index in [0.29, 0.717) is 12.5 Å². The summed E-state index contributed by atoms with van der Waals surface area (Å²) in [6.45, 7) is 2.24. The molecule has 1 N–H and O–H groups in total. The Morgan fingerprint density at radius 1 is 1.36 bits per heavy atom. The molecule has 0 bridgehead atoms. The molecule has 1 aliphatic heterocycles. The Labute approximate surface area is 132 Å². The molecule has 1 aromatic carbocycles. The van der Waals surface area contributed by atoms with Crippen LogP contribution in [0.3, 0.4) is 0 Å². The first-order chi connectivity index (χ1) is 10.8. The molecule has 4 nitrogen and oxygen atoms in total. The SMILES string of the molecule is COc1ccc2c(c1)CN(C(=O)NCC1CC=CCC1)CC2. The number of methoxy groups -OCH3 is 1. The lowest BCUT2D eigenvalue weighted by atomic mass is 9.94. The minimum absolute atomic E-state index is 0.0584. The summed E-state index contributed by atoms with van der Waals surface area (Å²) in [5.41, 5.74) is 2.52. The number of allylic oxidation sites excluding steroid dienone is 2. The molecule has 3 rings (SSSR count). The molecule has 1 aliphatic carbocycles. The Hall–Kier alpha value is -1.97. The first-order valence-electron chi connectivity index (χ1n) is 8.10. The fourth-order valence-electron chi connectivity index (χ4n) is 3.22. The second-order valence-corrected chi connectivity index (χ2v) is 6.14. The number of carbonyl (C=O) groups is 1. The lowest BCUT2D eigenvalue weighted by Gasteiger charge is -2.30. The van der Waals surface area contributed by atoms with Gasteiger partial charge in [-0.1, -0.05) is 18.2 Å². The smallest absolute Gasteiger partial charge is 0.317 e. The zero-order valence-corrected chi connectivity index (χ0v) is 13.2. The van der Waals surface area contributed by atoms with Gasteiger partial charge in [0.2, 0.25) is 0 Å². The number of amides is 2. The predicted molar refractivity (Wildman–Crippen MR) is 87.0 cm³/mol. The van der Waals surface area contributed by atoms with Crippen LogP contribution in [0, 0.1) is 5.92 Å². The van der Waals surface area contributed by atoms with E-state index in [2.05, 4.69) is 23.5 Å². The summed E-state index contributed by atoms with van der Waals surface area (Å²) in [5.74, 6) is 1.45. The van der Waals surface area contributed by atoms with E-state index in [-0.39, 0.29) is 6.03 Å². The molecule has 1 aromatic rings. The number of nitrogens with one attached hydrogen (secondary N) is 1. The van der Waals surface area contributed by atoms with E-state index in [0.717, 1.165) is 38.1 Å². The minimum atomic E-state index is 0.0584. The van der Waals surface area contributed by atoms with E-state index >= 15 is 0 Å². The van der Waals surface area contributed by atoms with Gasteiger partial charge in [0.1, 0.15) is 5.75 Å². The van der Waals surface area contributed by atoms with Crippen molar-refractivity contribution in [2.24, 2.45) is 5.92 Å². The molecule has 0 spiro atoms. The van der Waals surface area contributed by atoms with Crippen molar-refractivity contribution in [3.05, 3.63) is 41.5 Å². The van der Waals surface area contributed by atoms with E-state index in [1.165, 1.54) is 17.5 Å². The fourth-order valence-corrected chi connectivity index (χ4v) is 3.22. The van der Waals surface area contributed by atoms with Crippen LogP contribution in [0.25, 0.3) is 0 Å². The van der Waals surface area contributed by atoms with Crippen molar-refractivity contribution in [3.63, 3.8) is 0 Å². The van der Waals surface area contributed by atoms with Crippen LogP contribution >= 0.6 is 0 Å². The number of rotatable bonds is 3. The number of hydrogen-bond donors (Lipinski definition) is 1. The average Bonchev–Trinajstić information content (AvgIpc) is 2.59. The lowest BCUT2D eigenvalue weighted by molar-refractivity contribution is 0.190. The summed E-state index contributed by atoms with van der Waals surface area (Å²) in [4.78, 5) is 14.3. The molecule has 0 aromatic heterocycles. The molecule has 0 saturated carbocycles. The van der Waals surface area contributed by atoms with Crippen LogP contribution in [0.2, 0.25) is 0 Å². The molecule has 1 heterocycles. The van der Waals surface area contributed by atoms with E-state index in [9.17, 15) is 4.79 Å². The largest absolute Gasteiger partial charge is 0.497 e. The van der Waals surface area contributed by atoms with Crippen molar-refractivity contribution < 1.29 is 9.53 Å². The van der Waals surface area contributed by atoms with Crippen LogP contribution in [0.15, 0.2) is 30.4 Å². The highest BCUT2D eigenvalue weighted by molar-refractivity contribution is 5.74. The van der Waals surface area contributed by atoms with Crippen LogP contribution in [-0.2, 0) is 13.0 Å². The van der Waals surface area contributed by atoms with Crippen LogP contribution in [0.4, 0.5) is 4.79 Å². The van der Waals surface area contributed by atoms with Gasteiger partial charge >= 0.3 is 6.03 Å². The number of nitrogens with zero attached hydrogens (tertiary/aromatic N) is 1. The molecular formula is C18H24N2O2. The molecule has 1 atom stereocenters. The van der Waals surface area contributed by atoms with Gasteiger partial charge in [-0.05, 0) is 54.9 Å². The van der Waals surface area contributed by atoms with Gasteiger partial charge in [-0.15, -0.1) is 0 Å². The third kappa shape index (κ3) is 3.43. The van der Waals surface area contributed by atoms with Crippen LogP contribution < -0.4 is 10.1 Å². The quantitative estimate of drug-likeness (QED) is 0.871. The van der Waals surface area contributed by atoms with Gasteiger partial charge in [0.05, 0.1) is 7.11 Å². The van der Waals surface area contributed by atoms with Gasteiger partial charge in [-0.2, -0.15) is 0 Å². The zero-order valence-electron chi connectivity index (χ0n) is 13.2. The zero-order chi connectivity index (χ0) is 15.4. The molecule has 2 amide bonds. The molecule has 1 unspecified atom stereocenters. The van der Waals surface area contributed by atoms with Gasteiger partial charge < -0.3 is 15.0 Å². The van der Waals surface area contributed by atoms with Gasteiger partial charge in [0, 0.05) is 19.6 Å². The maximum absolute atomic E-state index is 12.4. The maximum Gasteiger partial charge on any atom is 0.317 e. The Morgan fingerprint density at radius 3 is 3.05 bits per heavy atom. The predicted octanol–water partition coefficient (Wildman–Crippen LogP) is 3.12. The van der Waals surface area contributed by atoms with E-state index in [1.807, 2.05) is 17.0 Å². The highest BCUT2D eigenvalue weighted by atomic mass is 16.5. The molecule has 4 heteroatoms. The Balaban J connectivity index is 1.56. The van der Waals surface area contributed by atoms with Crippen molar-refractivity contribution in [2.75, 3.05) is 20.2 Å². The fraction of sp³-hybridized carbons (Fsp3) is 0.500. The number of hydrogen-bond acceptors (Lipinski definition) is 2. The third-order valence-corrected chi connectivity index (χ3v) is 4.63. The summed E-state index contributed by atoms with van der Waals surface area (Å²) >= 11 is 0. The number of urea groups is 1. The van der Waals surface area contributed by atoms with Crippen molar-refractivity contribution in [2.45, 2.75) is 32.2 Å². The molecule has 0 fully saturated rings. The first kappa shape index (κ1) is 14.9. The number of carbonyl (C=O) groups excluding carboxylic acids is 1. The summed E-state index contributed by atoms with van der Waals surface area (Å²) in [5, 5.41) is 3.10. The molecule has 118 valence electrons. The Bertz CT molecular complexity index is 568. The first-order valence-corrected chi connectivity index (χ1v) is 8.10. The molecular weight excluding hydrogens is 276 g/mol. The summed E-state index contributed by atoms with van der Waals surface area (Å²) < 4.78 is 5.28. The third-order valence-electron chi connectivity index (χ3n) is 4.63. The highest BCUT2D eigenvalue weighted by Gasteiger charge is 2.21. The Kier molecular flexibility index (Phi) is 4.66. The van der Waals surface area contributed by atoms with E-state index < -0.39 is 0 Å². The second-order valence-electron chi connectivity index (χ2n) is 6.14. The van der Waals surface area contributed by atoms with Crippen LogP contribution in [0.5, 0.6) is 5.75 Å². The summed E-state index contributed by atoms with van der Waals surface area (Å²) in [6, 6.07) is 6.20. The number of fused-ring (bicyclic) bond motifs is 1. The topological polar surface area (TPSA) is 41.6 Å². The standard InChI is InChI=1S/C18H24N2O2/c1-22-17-8-7-15-9-10-20(13-16(15)11-17)18(21)19-12-14-5-3-2-4-6-14/h2-3,7-8,11,14H,4-6,9-10,12-13H2,1H3,(H,19,21). The molecule has 0 radical (unpaired) electrons. The van der Waals surface area contributed by atoms with Crippen molar-refractivity contribution >= 4 is 6.03 Å². The van der Waals surface area contributed by atoms with E-state index in [4.69, 9.17) is 4.74 Å². The van der Waals surface area contributed by atoms with Crippen LogP contribution in [0.1, 0.15) is 30.4 Å². The molecule has 0 saturated heterocycles. The lowest BCUT2D eigenvalue weighted by Crippen LogP contribution is -2.44. The minimum Gasteiger partial charge on any atom is -0.497 e. The second kappa shape index (κ2) is 6.86. The highest BCUT2D eigenvalue weighted by Crippen LogP contribution is 2.24. The monoisotopic (exact) mass is 300 g/mol. The molecule has 22 heavy (non-hydrogen) atoms. The van der Waals surface area contributed by atoms with Crippen LogP contribution in [-0.4, -0.2) is 31.1 Å². The molecule has 2 aliphatic rings. The van der Waals surface area contributed by atoms with Gasteiger partial charge in [-0.3, -0.25) is 0 Å². The maximum atomic E-state index is 12.4. The number of ether oxygens (including phenoxy) is 1. The Morgan fingerprint density at radius 2 is 2.27 bits per heavy atom. The van der Waals surface area contributed by atoms with Crippen molar-refractivity contribution in [1.82, 2.24) is 10.2 Å². The van der Waals surface area contributed by atoms with Gasteiger partial charge in [0.15, 0.2) is 0 Å². The van der Waals surface area contributed by atoms with Crippen molar-refractivity contribution in [3.8, 4) is 5.75 Å². The number of benzene rings is 1. The van der Waals surface area contributed by atoms with Crippen molar-refractivity contribution in [1.29, 1.82) is 0 Å². The summed E-state index contributed by atoms with van der Waals surface area (Å²) in [6.07, 6.45) is 8.77. The average molecular weight is 300 g/mol.